The number of allylic oxidation sites excluding steroid dienone is 1. The predicted octanol–water partition coefficient (Wildman–Crippen LogP) is 5.38. The van der Waals surface area contributed by atoms with E-state index in [2.05, 4.69) is 20.3 Å². The number of thiazole rings is 1. The molecule has 1 atom stereocenters. The second-order valence-electron chi connectivity index (χ2n) is 9.57. The van der Waals surface area contributed by atoms with Crippen molar-refractivity contribution in [2.75, 3.05) is 5.32 Å². The van der Waals surface area contributed by atoms with Gasteiger partial charge in [0.2, 0.25) is 0 Å². The Morgan fingerprint density at radius 3 is 2.50 bits per heavy atom. The second kappa shape index (κ2) is 12.4. The molecule has 218 valence electrons. The van der Waals surface area contributed by atoms with Crippen molar-refractivity contribution in [2.24, 2.45) is 4.99 Å². The third kappa shape index (κ3) is 5.95. The highest BCUT2D eigenvalue weighted by atomic mass is 35.5. The number of halogens is 1. The highest BCUT2D eigenvalue weighted by molar-refractivity contribution is 7.99. The molecule has 0 saturated carbocycles. The molecule has 3 heterocycles. The Hall–Kier alpha value is -4.91. The minimum atomic E-state index is -0.800. The fourth-order valence-corrected chi connectivity index (χ4v) is 6.68. The first-order valence-electron chi connectivity index (χ1n) is 13.2. The maximum Gasteiger partial charge on any atom is 0.271 e. The van der Waals surface area contributed by atoms with Gasteiger partial charge in [-0.2, -0.15) is 0 Å². The number of hydrogen-bond donors (Lipinski definition) is 1. The molecule has 0 aliphatic carbocycles. The van der Waals surface area contributed by atoms with E-state index in [0.717, 1.165) is 11.3 Å². The second-order valence-corrected chi connectivity index (χ2v) is 12.0. The fourth-order valence-electron chi connectivity index (χ4n) is 4.73. The van der Waals surface area contributed by atoms with E-state index in [-0.39, 0.29) is 10.2 Å². The number of benzene rings is 3. The van der Waals surface area contributed by atoms with E-state index in [1.165, 1.54) is 28.5 Å². The number of carbonyl (C=O) groups is 1. The third-order valence-electron chi connectivity index (χ3n) is 6.72. The number of anilines is 1. The molecule has 1 aliphatic heterocycles. The van der Waals surface area contributed by atoms with Crippen molar-refractivity contribution in [3.8, 4) is 0 Å². The topological polar surface area (TPSA) is 132 Å². The highest BCUT2D eigenvalue weighted by Crippen LogP contribution is 2.33. The first-order valence-corrected chi connectivity index (χ1v) is 15.2. The van der Waals surface area contributed by atoms with Crippen molar-refractivity contribution in [1.82, 2.24) is 14.5 Å². The molecular weight excluding hydrogens is 620 g/mol. The van der Waals surface area contributed by atoms with Crippen molar-refractivity contribution in [1.29, 1.82) is 0 Å². The molecule has 13 heteroatoms. The fraction of sp³-hybridized carbons (Fsp3) is 0.0645. The maximum atomic E-state index is 14.1. The van der Waals surface area contributed by atoms with E-state index in [1.807, 2.05) is 18.2 Å². The molecule has 0 unspecified atom stereocenters. The first-order chi connectivity index (χ1) is 21.3. The van der Waals surface area contributed by atoms with E-state index < -0.39 is 22.4 Å². The average molecular weight is 641 g/mol. The molecule has 5 aromatic rings. The number of amides is 1. The van der Waals surface area contributed by atoms with Crippen LogP contribution >= 0.6 is 34.7 Å². The summed E-state index contributed by atoms with van der Waals surface area (Å²) >= 11 is 8.54. The number of fused-ring (bicyclic) bond motifs is 1. The van der Waals surface area contributed by atoms with Crippen molar-refractivity contribution < 1.29 is 9.72 Å². The highest BCUT2D eigenvalue weighted by Gasteiger charge is 2.32. The van der Waals surface area contributed by atoms with Gasteiger partial charge in [-0.3, -0.25) is 24.3 Å². The van der Waals surface area contributed by atoms with Gasteiger partial charge in [0.15, 0.2) is 9.96 Å². The van der Waals surface area contributed by atoms with Gasteiger partial charge < -0.3 is 5.32 Å². The zero-order chi connectivity index (χ0) is 30.8. The molecule has 2 aromatic heterocycles. The van der Waals surface area contributed by atoms with Crippen molar-refractivity contribution in [3.05, 3.63) is 148 Å². The minimum Gasteiger partial charge on any atom is -0.322 e. The van der Waals surface area contributed by atoms with Gasteiger partial charge in [0.1, 0.15) is 0 Å². The summed E-state index contributed by atoms with van der Waals surface area (Å²) < 4.78 is 1.77. The van der Waals surface area contributed by atoms with Crippen LogP contribution in [0.4, 0.5) is 11.4 Å². The Kier molecular flexibility index (Phi) is 8.20. The summed E-state index contributed by atoms with van der Waals surface area (Å²) in [5.74, 6) is -0.396. The molecule has 44 heavy (non-hydrogen) atoms. The smallest absolute Gasteiger partial charge is 0.271 e. The van der Waals surface area contributed by atoms with E-state index in [1.54, 1.807) is 73.9 Å². The van der Waals surface area contributed by atoms with Crippen molar-refractivity contribution in [3.63, 3.8) is 0 Å². The SMILES string of the molecule is CC1=C(C(=O)Nc2ccccc2)[C@@H](c2ccc(Cl)cc2)n2c(s/c(=C/c3cc([N+](=O)[O-])ccc3Sc3ncccn3)c2=O)=N1. The summed E-state index contributed by atoms with van der Waals surface area (Å²) in [6, 6.07) is 21.3. The van der Waals surface area contributed by atoms with Gasteiger partial charge in [0.05, 0.1) is 26.8 Å². The number of rotatable bonds is 7. The molecule has 0 saturated heterocycles. The lowest BCUT2D eigenvalue weighted by atomic mass is 9.95. The number of para-hydroxylation sites is 1. The number of non-ortho nitro benzene ring substituents is 1. The molecular formula is C31H21ClN6O4S2. The van der Waals surface area contributed by atoms with Gasteiger partial charge in [0.25, 0.3) is 17.2 Å². The summed E-state index contributed by atoms with van der Waals surface area (Å²) in [6.07, 6.45) is 4.80. The molecule has 0 radical (unpaired) electrons. The number of aromatic nitrogens is 3. The number of nitrogens with zero attached hydrogens (tertiary/aromatic N) is 5. The van der Waals surface area contributed by atoms with Crippen LogP contribution < -0.4 is 20.2 Å². The molecule has 0 fully saturated rings. The van der Waals surface area contributed by atoms with E-state index in [4.69, 9.17) is 11.6 Å². The number of carbonyl (C=O) groups excluding carboxylic acids is 1. The normalized spacial score (nSPS) is 14.6. The van der Waals surface area contributed by atoms with Crippen LogP contribution in [-0.2, 0) is 4.79 Å². The van der Waals surface area contributed by atoms with Gasteiger partial charge in [-0.1, -0.05) is 53.3 Å². The van der Waals surface area contributed by atoms with Gasteiger partial charge in [0, 0.05) is 40.1 Å². The van der Waals surface area contributed by atoms with Crippen LogP contribution in [0.3, 0.4) is 0 Å². The Balaban J connectivity index is 1.51. The molecule has 6 rings (SSSR count). The zero-order valence-electron chi connectivity index (χ0n) is 22.9. The summed E-state index contributed by atoms with van der Waals surface area (Å²) in [7, 11) is 0. The lowest BCUT2D eigenvalue weighted by molar-refractivity contribution is -0.384. The summed E-state index contributed by atoms with van der Waals surface area (Å²) in [5, 5.41) is 15.5. The van der Waals surface area contributed by atoms with Crippen LogP contribution in [0.15, 0.2) is 122 Å². The van der Waals surface area contributed by atoms with Crippen LogP contribution in [0.2, 0.25) is 5.02 Å². The molecule has 1 amide bonds. The zero-order valence-corrected chi connectivity index (χ0v) is 25.3. The Morgan fingerprint density at radius 1 is 1.07 bits per heavy atom. The van der Waals surface area contributed by atoms with Crippen molar-refractivity contribution >= 4 is 58.1 Å². The van der Waals surface area contributed by atoms with E-state index in [0.29, 0.717) is 48.0 Å². The lowest BCUT2D eigenvalue weighted by Crippen LogP contribution is -2.40. The molecule has 1 N–H and O–H groups in total. The van der Waals surface area contributed by atoms with E-state index >= 15 is 0 Å². The number of nitro benzene ring substituents is 1. The Morgan fingerprint density at radius 2 is 1.80 bits per heavy atom. The monoisotopic (exact) mass is 640 g/mol. The molecule has 10 nitrogen and oxygen atoms in total. The minimum absolute atomic E-state index is 0.128. The Labute approximate surface area is 263 Å². The van der Waals surface area contributed by atoms with Crippen LogP contribution in [0.5, 0.6) is 0 Å². The van der Waals surface area contributed by atoms with Crippen LogP contribution in [0, 0.1) is 10.1 Å². The molecule has 0 spiro atoms. The van der Waals surface area contributed by atoms with Crippen LogP contribution in [0.25, 0.3) is 6.08 Å². The van der Waals surface area contributed by atoms with Gasteiger partial charge in [-0.15, -0.1) is 0 Å². The third-order valence-corrected chi connectivity index (χ3v) is 8.94. The standard InChI is InChI=1S/C31H21ClN6O4S2/c1-18-26(28(39)36-22-6-3-2-4-7-22)27(19-8-10-21(32)11-9-19)37-29(40)25(44-31(37)35-18)17-20-16-23(38(41)42)12-13-24(20)43-30-33-14-5-15-34-30/h2-17,27H,1H3,(H,36,39)/b25-17+/t27-/m1/s1. The van der Waals surface area contributed by atoms with Crippen molar-refractivity contribution in [2.45, 2.75) is 23.0 Å². The van der Waals surface area contributed by atoms with Gasteiger partial charge >= 0.3 is 0 Å². The van der Waals surface area contributed by atoms with Crippen LogP contribution in [0.1, 0.15) is 24.1 Å². The number of hydrogen-bond acceptors (Lipinski definition) is 9. The number of nitrogens with one attached hydrogen (secondary N) is 1. The largest absolute Gasteiger partial charge is 0.322 e. The van der Waals surface area contributed by atoms with Crippen LogP contribution in [-0.4, -0.2) is 25.4 Å². The van der Waals surface area contributed by atoms with Gasteiger partial charge in [-0.25, -0.2) is 15.0 Å². The Bertz CT molecular complexity index is 2110. The molecule has 3 aromatic carbocycles. The lowest BCUT2D eigenvalue weighted by Gasteiger charge is -2.25. The number of nitro groups is 1. The predicted molar refractivity (Wildman–Crippen MR) is 170 cm³/mol. The molecule has 1 aliphatic rings. The summed E-state index contributed by atoms with van der Waals surface area (Å²) in [6.45, 7) is 1.73. The first kappa shape index (κ1) is 29.2. The van der Waals surface area contributed by atoms with Gasteiger partial charge in [-0.05, 0) is 72.3 Å². The summed E-state index contributed by atoms with van der Waals surface area (Å²) in [4.78, 5) is 53.1. The molecule has 0 bridgehead atoms. The average Bonchev–Trinajstić information content (AvgIpc) is 3.32. The maximum absolute atomic E-state index is 14.1. The summed E-state index contributed by atoms with van der Waals surface area (Å²) in [5.41, 5.74) is 1.96. The quantitative estimate of drug-likeness (QED) is 0.144. The van der Waals surface area contributed by atoms with E-state index in [9.17, 15) is 19.7 Å².